The zero-order chi connectivity index (χ0) is 18.2. The number of carbonyl (C=O) groups excluding carboxylic acids is 2. The second kappa shape index (κ2) is 9.44. The second-order valence-corrected chi connectivity index (χ2v) is 6.94. The van der Waals surface area contributed by atoms with Crippen LogP contribution < -0.4 is 15.4 Å². The van der Waals surface area contributed by atoms with Gasteiger partial charge in [0.1, 0.15) is 5.75 Å². The van der Waals surface area contributed by atoms with Gasteiger partial charge >= 0.3 is 0 Å². The van der Waals surface area contributed by atoms with E-state index < -0.39 is 0 Å². The number of hydrogen-bond acceptors (Lipinski definition) is 3. The van der Waals surface area contributed by atoms with Gasteiger partial charge in [0, 0.05) is 19.0 Å². The smallest absolute Gasteiger partial charge is 0.257 e. The normalized spacial score (nSPS) is 14.8. The molecule has 0 heterocycles. The predicted molar refractivity (Wildman–Crippen MR) is 98.8 cm³/mol. The number of benzene rings is 1. The molecule has 2 rings (SSSR count). The number of amides is 2. The fourth-order valence-electron chi connectivity index (χ4n) is 3.20. The summed E-state index contributed by atoms with van der Waals surface area (Å²) in [7, 11) is 0. The van der Waals surface area contributed by atoms with Crippen molar-refractivity contribution in [3.63, 3.8) is 0 Å². The summed E-state index contributed by atoms with van der Waals surface area (Å²) >= 11 is 0. The Labute approximate surface area is 150 Å². The van der Waals surface area contributed by atoms with Gasteiger partial charge in [-0.3, -0.25) is 9.59 Å². The quantitative estimate of drug-likeness (QED) is 0.798. The SMILES string of the molecule is Cc1ccc(C)c(OCC(=O)NCCC(=O)NC2CCCCC2)c1C. The molecule has 1 aliphatic rings. The zero-order valence-electron chi connectivity index (χ0n) is 15.6. The number of rotatable bonds is 7. The molecule has 0 unspecified atom stereocenters. The molecule has 138 valence electrons. The monoisotopic (exact) mass is 346 g/mol. The van der Waals surface area contributed by atoms with Gasteiger partial charge in [-0.15, -0.1) is 0 Å². The van der Waals surface area contributed by atoms with Crippen molar-refractivity contribution in [1.29, 1.82) is 0 Å². The molecular weight excluding hydrogens is 316 g/mol. The zero-order valence-corrected chi connectivity index (χ0v) is 15.6. The van der Waals surface area contributed by atoms with Crippen molar-refractivity contribution in [3.05, 3.63) is 28.8 Å². The van der Waals surface area contributed by atoms with E-state index in [4.69, 9.17) is 4.74 Å². The predicted octanol–water partition coefficient (Wildman–Crippen LogP) is 2.95. The molecule has 0 spiro atoms. The third kappa shape index (κ3) is 6.07. The van der Waals surface area contributed by atoms with Gasteiger partial charge in [0.05, 0.1) is 0 Å². The summed E-state index contributed by atoms with van der Waals surface area (Å²) in [6, 6.07) is 4.35. The van der Waals surface area contributed by atoms with Gasteiger partial charge in [-0.1, -0.05) is 31.4 Å². The second-order valence-electron chi connectivity index (χ2n) is 6.94. The Hall–Kier alpha value is -2.04. The average Bonchev–Trinajstić information content (AvgIpc) is 2.59. The fourth-order valence-corrected chi connectivity index (χ4v) is 3.20. The van der Waals surface area contributed by atoms with Gasteiger partial charge in [0.25, 0.3) is 5.91 Å². The van der Waals surface area contributed by atoms with Crippen LogP contribution in [0.3, 0.4) is 0 Å². The van der Waals surface area contributed by atoms with Crippen LogP contribution in [0.25, 0.3) is 0 Å². The Morgan fingerprint density at radius 3 is 2.44 bits per heavy atom. The number of hydrogen-bond donors (Lipinski definition) is 2. The van der Waals surface area contributed by atoms with Crippen molar-refractivity contribution in [3.8, 4) is 5.75 Å². The van der Waals surface area contributed by atoms with E-state index in [0.717, 1.165) is 35.3 Å². The lowest BCUT2D eigenvalue weighted by atomic mass is 9.95. The number of aryl methyl sites for hydroxylation is 2. The fraction of sp³-hybridized carbons (Fsp3) is 0.600. The maximum Gasteiger partial charge on any atom is 0.257 e. The topological polar surface area (TPSA) is 67.4 Å². The third-order valence-corrected chi connectivity index (χ3v) is 4.87. The molecule has 25 heavy (non-hydrogen) atoms. The van der Waals surface area contributed by atoms with E-state index in [1.165, 1.54) is 19.3 Å². The lowest BCUT2D eigenvalue weighted by Crippen LogP contribution is -2.38. The summed E-state index contributed by atoms with van der Waals surface area (Å²) in [6.07, 6.45) is 6.10. The summed E-state index contributed by atoms with van der Waals surface area (Å²) < 4.78 is 5.68. The molecule has 0 radical (unpaired) electrons. The van der Waals surface area contributed by atoms with Crippen molar-refractivity contribution in [2.75, 3.05) is 13.2 Å². The molecule has 1 aliphatic carbocycles. The lowest BCUT2D eigenvalue weighted by Gasteiger charge is -2.22. The Balaban J connectivity index is 1.67. The van der Waals surface area contributed by atoms with Crippen molar-refractivity contribution in [1.82, 2.24) is 10.6 Å². The Bertz CT molecular complexity index is 607. The van der Waals surface area contributed by atoms with Crippen LogP contribution in [-0.2, 0) is 9.59 Å². The lowest BCUT2D eigenvalue weighted by molar-refractivity contribution is -0.124. The van der Waals surface area contributed by atoms with E-state index in [-0.39, 0.29) is 18.4 Å². The molecule has 1 aromatic carbocycles. The summed E-state index contributed by atoms with van der Waals surface area (Å²) in [4.78, 5) is 23.8. The van der Waals surface area contributed by atoms with Crippen LogP contribution in [0, 0.1) is 20.8 Å². The van der Waals surface area contributed by atoms with Crippen LogP contribution in [0.1, 0.15) is 55.2 Å². The van der Waals surface area contributed by atoms with Gasteiger partial charge in [0.15, 0.2) is 6.61 Å². The maximum atomic E-state index is 11.9. The molecule has 1 saturated carbocycles. The van der Waals surface area contributed by atoms with Gasteiger partial charge in [-0.2, -0.15) is 0 Å². The Morgan fingerprint density at radius 1 is 1.04 bits per heavy atom. The third-order valence-electron chi connectivity index (χ3n) is 4.87. The van der Waals surface area contributed by atoms with Crippen LogP contribution in [0.4, 0.5) is 0 Å². The first-order valence-corrected chi connectivity index (χ1v) is 9.23. The van der Waals surface area contributed by atoms with Crippen molar-refractivity contribution >= 4 is 11.8 Å². The first kappa shape index (κ1) is 19.3. The molecule has 0 aliphatic heterocycles. The van der Waals surface area contributed by atoms with Gasteiger partial charge < -0.3 is 15.4 Å². The van der Waals surface area contributed by atoms with Crippen LogP contribution in [0.15, 0.2) is 12.1 Å². The average molecular weight is 346 g/mol. The van der Waals surface area contributed by atoms with Gasteiger partial charge in [-0.25, -0.2) is 0 Å². The van der Waals surface area contributed by atoms with Gasteiger partial charge in [-0.05, 0) is 50.3 Å². The highest BCUT2D eigenvalue weighted by Gasteiger charge is 2.15. The summed E-state index contributed by atoms with van der Waals surface area (Å²) in [5.74, 6) is 0.578. The van der Waals surface area contributed by atoms with E-state index in [9.17, 15) is 9.59 Å². The molecule has 2 N–H and O–H groups in total. The summed E-state index contributed by atoms with van der Waals surface area (Å²) in [6.45, 7) is 6.29. The standard InChI is InChI=1S/C20H30N2O3/c1-14-9-10-15(2)20(16(14)3)25-13-19(24)21-12-11-18(23)22-17-7-5-4-6-8-17/h9-10,17H,4-8,11-13H2,1-3H3,(H,21,24)(H,22,23). The minimum Gasteiger partial charge on any atom is -0.483 e. The van der Waals surface area contributed by atoms with Crippen LogP contribution >= 0.6 is 0 Å². The van der Waals surface area contributed by atoms with Crippen molar-refractivity contribution in [2.45, 2.75) is 65.3 Å². The van der Waals surface area contributed by atoms with Gasteiger partial charge in [0.2, 0.25) is 5.91 Å². The summed E-state index contributed by atoms with van der Waals surface area (Å²) in [5, 5.41) is 5.80. The van der Waals surface area contributed by atoms with Crippen LogP contribution in [0.5, 0.6) is 5.75 Å². The van der Waals surface area contributed by atoms with Crippen LogP contribution in [-0.4, -0.2) is 31.0 Å². The van der Waals surface area contributed by atoms with Crippen molar-refractivity contribution < 1.29 is 14.3 Å². The Morgan fingerprint density at radius 2 is 1.72 bits per heavy atom. The molecule has 0 aromatic heterocycles. The highest BCUT2D eigenvalue weighted by molar-refractivity contribution is 5.80. The first-order valence-electron chi connectivity index (χ1n) is 9.23. The largest absolute Gasteiger partial charge is 0.483 e. The molecule has 0 atom stereocenters. The molecule has 0 bridgehead atoms. The van der Waals surface area contributed by atoms with Crippen LogP contribution in [0.2, 0.25) is 0 Å². The highest BCUT2D eigenvalue weighted by atomic mass is 16.5. The molecular formula is C20H30N2O3. The summed E-state index contributed by atoms with van der Waals surface area (Å²) in [5.41, 5.74) is 3.21. The Kier molecular flexibility index (Phi) is 7.29. The number of carbonyl (C=O) groups is 2. The van der Waals surface area contributed by atoms with E-state index in [1.807, 2.05) is 32.9 Å². The number of ether oxygens (including phenoxy) is 1. The molecule has 1 fully saturated rings. The minimum atomic E-state index is -0.203. The van der Waals surface area contributed by atoms with E-state index in [2.05, 4.69) is 10.6 Å². The van der Waals surface area contributed by atoms with Crippen molar-refractivity contribution in [2.24, 2.45) is 0 Å². The highest BCUT2D eigenvalue weighted by Crippen LogP contribution is 2.25. The molecule has 2 amide bonds. The number of nitrogens with one attached hydrogen (secondary N) is 2. The minimum absolute atomic E-state index is 0.0125. The molecule has 1 aromatic rings. The molecule has 0 saturated heterocycles. The maximum absolute atomic E-state index is 11.9. The molecule has 5 nitrogen and oxygen atoms in total. The van der Waals surface area contributed by atoms with E-state index in [1.54, 1.807) is 0 Å². The molecule has 5 heteroatoms. The van der Waals surface area contributed by atoms with E-state index >= 15 is 0 Å². The van der Waals surface area contributed by atoms with E-state index in [0.29, 0.717) is 19.0 Å². The first-order chi connectivity index (χ1) is 12.0.